The van der Waals surface area contributed by atoms with Gasteiger partial charge in [-0.2, -0.15) is 4.31 Å². The van der Waals surface area contributed by atoms with Crippen molar-refractivity contribution in [1.29, 1.82) is 0 Å². The molecule has 140 valence electrons. The van der Waals surface area contributed by atoms with Crippen LogP contribution in [0, 0.1) is 17.5 Å². The third-order valence-electron chi connectivity index (χ3n) is 4.68. The van der Waals surface area contributed by atoms with Crippen LogP contribution >= 0.6 is 0 Å². The Labute approximate surface area is 150 Å². The SMILES string of the molecule is C[C@@H](c1ccc(F)cc1)N1CCN(S(=O)(=O)c2cc(F)ccc2F)CC1. The molecule has 1 saturated heterocycles. The highest BCUT2D eigenvalue weighted by molar-refractivity contribution is 7.89. The highest BCUT2D eigenvalue weighted by Gasteiger charge is 2.32. The molecule has 0 spiro atoms. The lowest BCUT2D eigenvalue weighted by Gasteiger charge is -2.37. The van der Waals surface area contributed by atoms with E-state index in [4.69, 9.17) is 0 Å². The van der Waals surface area contributed by atoms with E-state index in [1.165, 1.54) is 16.4 Å². The fourth-order valence-electron chi connectivity index (χ4n) is 3.10. The second-order valence-electron chi connectivity index (χ2n) is 6.24. The molecule has 1 heterocycles. The number of halogens is 3. The van der Waals surface area contributed by atoms with E-state index >= 15 is 0 Å². The number of nitrogens with zero attached hydrogens (tertiary/aromatic N) is 2. The van der Waals surface area contributed by atoms with Crippen LogP contribution in [0.4, 0.5) is 13.2 Å². The molecule has 0 unspecified atom stereocenters. The lowest BCUT2D eigenvalue weighted by Crippen LogP contribution is -2.49. The second kappa shape index (κ2) is 7.38. The summed E-state index contributed by atoms with van der Waals surface area (Å²) < 4.78 is 66.6. The Morgan fingerprint density at radius 2 is 1.46 bits per heavy atom. The molecule has 1 fully saturated rings. The van der Waals surface area contributed by atoms with E-state index in [0.717, 1.165) is 17.7 Å². The van der Waals surface area contributed by atoms with Gasteiger partial charge in [-0.05, 0) is 42.8 Å². The minimum atomic E-state index is -4.09. The van der Waals surface area contributed by atoms with Crippen molar-refractivity contribution in [2.45, 2.75) is 17.9 Å². The Bertz CT molecular complexity index is 880. The summed E-state index contributed by atoms with van der Waals surface area (Å²) in [7, 11) is -4.09. The number of hydrogen-bond donors (Lipinski definition) is 0. The largest absolute Gasteiger partial charge is 0.294 e. The Kier molecular flexibility index (Phi) is 5.36. The smallest absolute Gasteiger partial charge is 0.246 e. The van der Waals surface area contributed by atoms with Crippen molar-refractivity contribution in [1.82, 2.24) is 9.21 Å². The van der Waals surface area contributed by atoms with Crippen molar-refractivity contribution < 1.29 is 21.6 Å². The summed E-state index contributed by atoms with van der Waals surface area (Å²) >= 11 is 0. The molecule has 1 atom stereocenters. The van der Waals surface area contributed by atoms with E-state index in [0.29, 0.717) is 19.2 Å². The summed E-state index contributed by atoms with van der Waals surface area (Å²) in [5.41, 5.74) is 0.930. The van der Waals surface area contributed by atoms with Crippen LogP contribution in [-0.4, -0.2) is 43.8 Å². The maximum Gasteiger partial charge on any atom is 0.246 e. The quantitative estimate of drug-likeness (QED) is 0.813. The molecule has 0 aromatic heterocycles. The molecule has 0 saturated carbocycles. The molecule has 2 aromatic carbocycles. The number of piperazine rings is 1. The van der Waals surface area contributed by atoms with Gasteiger partial charge in [-0.3, -0.25) is 4.90 Å². The maximum atomic E-state index is 13.9. The average Bonchev–Trinajstić information content (AvgIpc) is 2.64. The Morgan fingerprint density at radius 1 is 0.885 bits per heavy atom. The van der Waals surface area contributed by atoms with Crippen LogP contribution in [-0.2, 0) is 10.0 Å². The zero-order chi connectivity index (χ0) is 18.9. The maximum absolute atomic E-state index is 13.9. The van der Waals surface area contributed by atoms with Crippen molar-refractivity contribution in [3.8, 4) is 0 Å². The zero-order valence-corrected chi connectivity index (χ0v) is 15.0. The first kappa shape index (κ1) is 18.9. The van der Waals surface area contributed by atoms with Crippen molar-refractivity contribution >= 4 is 10.0 Å². The molecule has 26 heavy (non-hydrogen) atoms. The predicted octanol–water partition coefficient (Wildman–Crippen LogP) is 3.17. The Morgan fingerprint density at radius 3 is 2.08 bits per heavy atom. The first-order valence-electron chi connectivity index (χ1n) is 8.24. The molecule has 0 bridgehead atoms. The Hall–Kier alpha value is -1.90. The molecule has 1 aliphatic heterocycles. The van der Waals surface area contributed by atoms with Gasteiger partial charge in [-0.15, -0.1) is 0 Å². The monoisotopic (exact) mass is 384 g/mol. The zero-order valence-electron chi connectivity index (χ0n) is 14.2. The van der Waals surface area contributed by atoms with Crippen LogP contribution in [0.1, 0.15) is 18.5 Å². The number of rotatable bonds is 4. The van der Waals surface area contributed by atoms with Gasteiger partial charge in [0.15, 0.2) is 0 Å². The molecule has 0 aliphatic carbocycles. The van der Waals surface area contributed by atoms with Crippen molar-refractivity contribution in [3.63, 3.8) is 0 Å². The van der Waals surface area contributed by atoms with Crippen LogP contribution in [0.15, 0.2) is 47.4 Å². The van der Waals surface area contributed by atoms with Gasteiger partial charge >= 0.3 is 0 Å². The van der Waals surface area contributed by atoms with Gasteiger partial charge in [-0.1, -0.05) is 12.1 Å². The minimum absolute atomic E-state index is 0.00800. The van der Waals surface area contributed by atoms with Crippen molar-refractivity contribution in [2.24, 2.45) is 0 Å². The van der Waals surface area contributed by atoms with Gasteiger partial charge in [0.2, 0.25) is 10.0 Å². The first-order chi connectivity index (χ1) is 12.3. The molecule has 8 heteroatoms. The van der Waals surface area contributed by atoms with Gasteiger partial charge in [0.05, 0.1) is 0 Å². The molecule has 2 aromatic rings. The average molecular weight is 384 g/mol. The van der Waals surface area contributed by atoms with Crippen molar-refractivity contribution in [2.75, 3.05) is 26.2 Å². The highest BCUT2D eigenvalue weighted by atomic mass is 32.2. The standard InChI is InChI=1S/C18H19F3N2O2S/c1-13(14-2-4-15(19)5-3-14)22-8-10-23(11-9-22)26(24,25)18-12-16(20)6-7-17(18)21/h2-7,12-13H,8-11H2,1H3/t13-/m0/s1. The number of hydrogen-bond acceptors (Lipinski definition) is 3. The van der Waals surface area contributed by atoms with E-state index < -0.39 is 26.6 Å². The minimum Gasteiger partial charge on any atom is -0.294 e. The lowest BCUT2D eigenvalue weighted by molar-refractivity contribution is 0.145. The molecule has 4 nitrogen and oxygen atoms in total. The van der Waals surface area contributed by atoms with Crippen LogP contribution in [0.25, 0.3) is 0 Å². The number of sulfonamides is 1. The van der Waals surface area contributed by atoms with Crippen LogP contribution < -0.4 is 0 Å². The summed E-state index contributed by atoms with van der Waals surface area (Å²) in [6, 6.07) is 8.57. The molecular formula is C18H19F3N2O2S. The van der Waals surface area contributed by atoms with E-state index in [-0.39, 0.29) is 24.9 Å². The fraction of sp³-hybridized carbons (Fsp3) is 0.333. The summed E-state index contributed by atoms with van der Waals surface area (Å²) in [5, 5.41) is 0. The molecule has 0 radical (unpaired) electrons. The highest BCUT2D eigenvalue weighted by Crippen LogP contribution is 2.25. The van der Waals surface area contributed by atoms with Gasteiger partial charge in [-0.25, -0.2) is 21.6 Å². The van der Waals surface area contributed by atoms with Crippen LogP contribution in [0.2, 0.25) is 0 Å². The van der Waals surface area contributed by atoms with Crippen LogP contribution in [0.5, 0.6) is 0 Å². The fourth-order valence-corrected chi connectivity index (χ4v) is 4.60. The molecular weight excluding hydrogens is 365 g/mol. The van der Waals surface area contributed by atoms with Gasteiger partial charge < -0.3 is 0 Å². The Balaban J connectivity index is 1.71. The summed E-state index contributed by atoms with van der Waals surface area (Å²) in [6.45, 7) is 3.18. The van der Waals surface area contributed by atoms with Gasteiger partial charge in [0.1, 0.15) is 22.3 Å². The summed E-state index contributed by atoms with van der Waals surface area (Å²) in [6.07, 6.45) is 0. The van der Waals surface area contributed by atoms with Gasteiger partial charge in [0, 0.05) is 32.2 Å². The molecule has 0 N–H and O–H groups in total. The lowest BCUT2D eigenvalue weighted by atomic mass is 10.1. The predicted molar refractivity (Wildman–Crippen MR) is 91.5 cm³/mol. The molecule has 3 rings (SSSR count). The third kappa shape index (κ3) is 3.77. The summed E-state index contributed by atoms with van der Waals surface area (Å²) in [5.74, 6) is -2.07. The van der Waals surface area contributed by atoms with Crippen molar-refractivity contribution in [3.05, 3.63) is 65.5 Å². The molecule has 1 aliphatic rings. The normalized spacial score (nSPS) is 18.0. The summed E-state index contributed by atoms with van der Waals surface area (Å²) in [4.78, 5) is 1.43. The molecule has 0 amide bonds. The van der Waals surface area contributed by atoms with E-state index in [1.54, 1.807) is 12.1 Å². The number of benzene rings is 2. The van der Waals surface area contributed by atoms with E-state index in [1.807, 2.05) is 6.92 Å². The topological polar surface area (TPSA) is 40.6 Å². The second-order valence-corrected chi connectivity index (χ2v) is 8.15. The third-order valence-corrected chi connectivity index (χ3v) is 6.60. The first-order valence-corrected chi connectivity index (χ1v) is 9.68. The van der Waals surface area contributed by atoms with E-state index in [2.05, 4.69) is 4.90 Å². The van der Waals surface area contributed by atoms with E-state index in [9.17, 15) is 21.6 Å². The van der Waals surface area contributed by atoms with Crippen LogP contribution in [0.3, 0.4) is 0 Å². The van der Waals surface area contributed by atoms with Gasteiger partial charge in [0.25, 0.3) is 0 Å².